The highest BCUT2D eigenvalue weighted by Crippen LogP contribution is 2.35. The third kappa shape index (κ3) is 4.90. The lowest BCUT2D eigenvalue weighted by Crippen LogP contribution is -2.42. The van der Waals surface area contributed by atoms with Crippen molar-refractivity contribution in [2.24, 2.45) is 0 Å². The summed E-state index contributed by atoms with van der Waals surface area (Å²) >= 11 is 0. The van der Waals surface area contributed by atoms with Crippen LogP contribution in [0.4, 0.5) is 0 Å². The van der Waals surface area contributed by atoms with Gasteiger partial charge in [-0.05, 0) is 74.4 Å². The van der Waals surface area contributed by atoms with Crippen LogP contribution in [0.15, 0.2) is 46.9 Å². The van der Waals surface area contributed by atoms with Gasteiger partial charge in [-0.15, -0.1) is 0 Å². The van der Waals surface area contributed by atoms with Crippen molar-refractivity contribution in [1.29, 1.82) is 0 Å². The molecule has 2 saturated heterocycles. The van der Waals surface area contributed by atoms with Gasteiger partial charge in [0.2, 0.25) is 0 Å². The van der Waals surface area contributed by atoms with E-state index in [4.69, 9.17) is 9.15 Å². The predicted molar refractivity (Wildman–Crippen MR) is 132 cm³/mol. The van der Waals surface area contributed by atoms with E-state index in [1.54, 1.807) is 6.07 Å². The number of likely N-dealkylation sites (tertiary alicyclic amines) is 1. The van der Waals surface area contributed by atoms with E-state index in [0.717, 1.165) is 50.0 Å². The van der Waals surface area contributed by atoms with Crippen LogP contribution in [0.3, 0.4) is 0 Å². The third-order valence-electron chi connectivity index (χ3n) is 7.37. The van der Waals surface area contributed by atoms with Crippen LogP contribution < -0.4 is 5.32 Å². The standard InChI is InChI=1S/C28H34N2O4/c1-19-5-6-20(2)22(14-19)18-30-11-9-28(32,10-12-30)23-7-8-25-21(15-23)16-26(34-25)27(31)29-17-24-4-3-13-33-24/h5-8,14-16,24,32H,3-4,9-13,17-18H2,1-2H3,(H,29,31). The quantitative estimate of drug-likeness (QED) is 0.566. The van der Waals surface area contributed by atoms with Gasteiger partial charge in [0.15, 0.2) is 5.76 Å². The molecule has 2 aliphatic rings. The van der Waals surface area contributed by atoms with Gasteiger partial charge in [0.1, 0.15) is 5.58 Å². The van der Waals surface area contributed by atoms with Crippen LogP contribution in [0.1, 0.15) is 58.5 Å². The minimum atomic E-state index is -0.869. The second-order valence-corrected chi connectivity index (χ2v) is 9.95. The Morgan fingerprint density at radius 3 is 2.74 bits per heavy atom. The van der Waals surface area contributed by atoms with E-state index in [2.05, 4.69) is 42.3 Å². The smallest absolute Gasteiger partial charge is 0.287 e. The van der Waals surface area contributed by atoms with Gasteiger partial charge in [-0.25, -0.2) is 0 Å². The van der Waals surface area contributed by atoms with Crippen LogP contribution in [0.25, 0.3) is 11.0 Å². The third-order valence-corrected chi connectivity index (χ3v) is 7.37. The minimum Gasteiger partial charge on any atom is -0.451 e. The van der Waals surface area contributed by atoms with Crippen molar-refractivity contribution < 1.29 is 19.1 Å². The number of nitrogens with one attached hydrogen (secondary N) is 1. The normalized spacial score (nSPS) is 20.6. The van der Waals surface area contributed by atoms with Crippen molar-refractivity contribution in [2.75, 3.05) is 26.2 Å². The summed E-state index contributed by atoms with van der Waals surface area (Å²) < 4.78 is 11.3. The molecule has 0 aliphatic carbocycles. The highest BCUT2D eigenvalue weighted by atomic mass is 16.5. The van der Waals surface area contributed by atoms with Gasteiger partial charge in [0, 0.05) is 38.2 Å². The molecule has 3 aromatic rings. The molecular weight excluding hydrogens is 428 g/mol. The second-order valence-electron chi connectivity index (χ2n) is 9.95. The number of hydrogen-bond donors (Lipinski definition) is 2. The number of hydrogen-bond acceptors (Lipinski definition) is 5. The molecule has 0 saturated carbocycles. The summed E-state index contributed by atoms with van der Waals surface area (Å²) in [6, 6.07) is 14.1. The van der Waals surface area contributed by atoms with Crippen LogP contribution in [0.2, 0.25) is 0 Å². The molecule has 0 radical (unpaired) electrons. The highest BCUT2D eigenvalue weighted by Gasteiger charge is 2.34. The molecule has 2 aliphatic heterocycles. The Kier molecular flexibility index (Phi) is 6.47. The van der Waals surface area contributed by atoms with Gasteiger partial charge in [-0.1, -0.05) is 29.8 Å². The lowest BCUT2D eigenvalue weighted by atomic mass is 9.84. The van der Waals surface area contributed by atoms with E-state index in [9.17, 15) is 9.90 Å². The van der Waals surface area contributed by atoms with E-state index in [0.29, 0.717) is 30.7 Å². The molecule has 0 spiro atoms. The van der Waals surface area contributed by atoms with Gasteiger partial charge in [-0.3, -0.25) is 9.69 Å². The number of furan rings is 1. The molecular formula is C28H34N2O4. The SMILES string of the molecule is Cc1ccc(C)c(CN2CCC(O)(c3ccc4oc(C(=O)NCC5CCCO5)cc4c3)CC2)c1. The number of carbonyl (C=O) groups excluding carboxylic acids is 1. The Hall–Kier alpha value is -2.67. The first-order valence-electron chi connectivity index (χ1n) is 12.3. The Morgan fingerprint density at radius 2 is 1.97 bits per heavy atom. The number of rotatable bonds is 6. The van der Waals surface area contributed by atoms with Gasteiger partial charge in [0.25, 0.3) is 5.91 Å². The van der Waals surface area contributed by atoms with Crippen LogP contribution >= 0.6 is 0 Å². The average Bonchev–Trinajstić information content (AvgIpc) is 3.51. The number of ether oxygens (including phenoxy) is 1. The van der Waals surface area contributed by atoms with Crippen molar-refractivity contribution in [3.8, 4) is 0 Å². The molecule has 1 atom stereocenters. The fraction of sp³-hybridized carbons (Fsp3) is 0.464. The monoisotopic (exact) mass is 462 g/mol. The Bertz CT molecular complexity index is 1170. The molecule has 3 heterocycles. The molecule has 2 aromatic carbocycles. The van der Waals surface area contributed by atoms with Crippen molar-refractivity contribution in [1.82, 2.24) is 10.2 Å². The Labute approximate surface area is 200 Å². The fourth-order valence-corrected chi connectivity index (χ4v) is 5.12. The zero-order chi connectivity index (χ0) is 23.7. The number of fused-ring (bicyclic) bond motifs is 1. The molecule has 2 N–H and O–H groups in total. The number of aryl methyl sites for hydroxylation is 2. The van der Waals surface area contributed by atoms with Crippen molar-refractivity contribution in [3.05, 3.63) is 70.5 Å². The zero-order valence-corrected chi connectivity index (χ0v) is 20.1. The molecule has 5 rings (SSSR count). The van der Waals surface area contributed by atoms with Crippen LogP contribution in [0.5, 0.6) is 0 Å². The van der Waals surface area contributed by atoms with E-state index in [1.165, 1.54) is 16.7 Å². The molecule has 180 valence electrons. The number of piperidine rings is 1. The van der Waals surface area contributed by atoms with E-state index < -0.39 is 5.60 Å². The summed E-state index contributed by atoms with van der Waals surface area (Å²) in [7, 11) is 0. The topological polar surface area (TPSA) is 74.9 Å². The molecule has 2 fully saturated rings. The zero-order valence-electron chi connectivity index (χ0n) is 20.1. The summed E-state index contributed by atoms with van der Waals surface area (Å²) in [6.07, 6.45) is 3.46. The lowest BCUT2D eigenvalue weighted by molar-refractivity contribution is -0.0276. The van der Waals surface area contributed by atoms with Crippen LogP contribution in [0, 0.1) is 13.8 Å². The summed E-state index contributed by atoms with van der Waals surface area (Å²) in [5.41, 5.74) is 4.62. The molecule has 1 amide bonds. The first-order valence-corrected chi connectivity index (χ1v) is 12.3. The highest BCUT2D eigenvalue weighted by molar-refractivity contribution is 5.96. The van der Waals surface area contributed by atoms with Crippen molar-refractivity contribution in [2.45, 2.75) is 57.8 Å². The summed E-state index contributed by atoms with van der Waals surface area (Å²) in [6.45, 7) is 8.14. The minimum absolute atomic E-state index is 0.0925. The number of benzene rings is 2. The molecule has 1 aromatic heterocycles. The number of amides is 1. The van der Waals surface area contributed by atoms with Gasteiger partial charge < -0.3 is 19.6 Å². The maximum absolute atomic E-state index is 12.5. The molecule has 0 bridgehead atoms. The number of nitrogens with zero attached hydrogens (tertiary/aromatic N) is 1. The van der Waals surface area contributed by atoms with Crippen molar-refractivity contribution >= 4 is 16.9 Å². The van der Waals surface area contributed by atoms with E-state index in [1.807, 2.05) is 18.2 Å². The number of aliphatic hydroxyl groups is 1. The average molecular weight is 463 g/mol. The van der Waals surface area contributed by atoms with E-state index in [-0.39, 0.29) is 12.0 Å². The molecule has 6 heteroatoms. The van der Waals surface area contributed by atoms with Gasteiger partial charge in [0.05, 0.1) is 11.7 Å². The first-order chi connectivity index (χ1) is 16.4. The Balaban J connectivity index is 1.24. The summed E-state index contributed by atoms with van der Waals surface area (Å²) in [5.74, 6) is 0.0622. The Morgan fingerprint density at radius 1 is 1.15 bits per heavy atom. The predicted octanol–water partition coefficient (Wildman–Crippen LogP) is 4.44. The van der Waals surface area contributed by atoms with Gasteiger partial charge >= 0.3 is 0 Å². The first kappa shape index (κ1) is 23.1. The van der Waals surface area contributed by atoms with Crippen LogP contribution in [-0.2, 0) is 16.9 Å². The largest absolute Gasteiger partial charge is 0.451 e. The summed E-state index contributed by atoms with van der Waals surface area (Å²) in [4.78, 5) is 15.0. The summed E-state index contributed by atoms with van der Waals surface area (Å²) in [5, 5.41) is 15.2. The molecule has 34 heavy (non-hydrogen) atoms. The van der Waals surface area contributed by atoms with Gasteiger partial charge in [-0.2, -0.15) is 0 Å². The maximum atomic E-state index is 12.5. The second kappa shape index (κ2) is 9.53. The fourth-order valence-electron chi connectivity index (χ4n) is 5.12. The van der Waals surface area contributed by atoms with Crippen molar-refractivity contribution in [3.63, 3.8) is 0 Å². The number of carbonyl (C=O) groups is 1. The van der Waals surface area contributed by atoms with E-state index >= 15 is 0 Å². The van der Waals surface area contributed by atoms with Crippen LogP contribution in [-0.4, -0.2) is 48.3 Å². The molecule has 6 nitrogen and oxygen atoms in total. The lowest BCUT2D eigenvalue weighted by Gasteiger charge is -2.38. The maximum Gasteiger partial charge on any atom is 0.287 e. The molecule has 1 unspecified atom stereocenters.